The van der Waals surface area contributed by atoms with Crippen molar-refractivity contribution in [1.82, 2.24) is 4.98 Å². The number of rotatable bonds is 4. The molecule has 0 aliphatic rings. The number of nitrogens with zero attached hydrogens (tertiary/aromatic N) is 1. The first-order chi connectivity index (χ1) is 8.63. The summed E-state index contributed by atoms with van der Waals surface area (Å²) in [6.07, 6.45) is 2.76. The number of carbonyl (C=O) groups is 2. The minimum absolute atomic E-state index is 0.119. The maximum absolute atomic E-state index is 11.6. The van der Waals surface area contributed by atoms with Crippen LogP contribution in [0.3, 0.4) is 0 Å². The minimum Gasteiger partial charge on any atom is -0.365 e. The maximum atomic E-state index is 11.6. The van der Waals surface area contributed by atoms with Crippen molar-refractivity contribution in [1.29, 1.82) is 0 Å². The Kier molecular flexibility index (Phi) is 3.57. The molecule has 0 unspecified atom stereocenters. The fourth-order valence-corrected chi connectivity index (χ4v) is 2.74. The maximum Gasteiger partial charge on any atom is 0.253 e. The second-order valence-corrected chi connectivity index (χ2v) is 4.87. The zero-order chi connectivity index (χ0) is 13.1. The van der Waals surface area contributed by atoms with E-state index in [1.54, 1.807) is 12.3 Å². The van der Waals surface area contributed by atoms with Gasteiger partial charge in [0.15, 0.2) is 0 Å². The Hall–Kier alpha value is -1.95. The highest BCUT2D eigenvalue weighted by Crippen LogP contribution is 2.34. The van der Waals surface area contributed by atoms with Crippen molar-refractivity contribution < 1.29 is 9.59 Å². The number of fused-ring (bicyclic) bond motifs is 1. The molecule has 0 fully saturated rings. The third-order valence-corrected chi connectivity index (χ3v) is 3.48. The Labute approximate surface area is 108 Å². The number of anilines is 1. The lowest BCUT2D eigenvalue weighted by Crippen LogP contribution is -2.16. The van der Waals surface area contributed by atoms with Gasteiger partial charge in [0.1, 0.15) is 10.6 Å². The van der Waals surface area contributed by atoms with Crippen molar-refractivity contribution in [2.75, 3.05) is 5.32 Å². The number of hydrogen-bond donors (Lipinski definition) is 2. The van der Waals surface area contributed by atoms with Crippen LogP contribution in [-0.4, -0.2) is 16.8 Å². The summed E-state index contributed by atoms with van der Waals surface area (Å²) in [7, 11) is 0. The normalized spacial score (nSPS) is 10.5. The second kappa shape index (κ2) is 5.14. The molecule has 2 aromatic rings. The first kappa shape index (κ1) is 12.5. The Bertz CT molecular complexity index is 606. The van der Waals surface area contributed by atoms with Crippen molar-refractivity contribution in [2.24, 2.45) is 5.73 Å². The molecule has 2 aromatic heterocycles. The molecular formula is C12H13N3O2S. The minimum atomic E-state index is -0.577. The van der Waals surface area contributed by atoms with Crippen molar-refractivity contribution in [3.05, 3.63) is 23.9 Å². The van der Waals surface area contributed by atoms with Gasteiger partial charge in [-0.2, -0.15) is 0 Å². The summed E-state index contributed by atoms with van der Waals surface area (Å²) in [4.78, 5) is 27.2. The van der Waals surface area contributed by atoms with E-state index in [0.717, 1.165) is 11.1 Å². The lowest BCUT2D eigenvalue weighted by atomic mass is 10.2. The van der Waals surface area contributed by atoms with E-state index in [0.29, 0.717) is 22.5 Å². The number of nitrogens with two attached hydrogens (primary N) is 1. The summed E-state index contributed by atoms with van der Waals surface area (Å²) in [6.45, 7) is 1.92. The first-order valence-electron chi connectivity index (χ1n) is 5.60. The fraction of sp³-hybridized carbons (Fsp3) is 0.250. The van der Waals surface area contributed by atoms with E-state index in [1.807, 2.05) is 13.0 Å². The molecule has 6 heteroatoms. The van der Waals surface area contributed by atoms with Crippen LogP contribution in [0.25, 0.3) is 10.2 Å². The smallest absolute Gasteiger partial charge is 0.253 e. The third-order valence-electron chi connectivity index (χ3n) is 2.42. The molecule has 18 heavy (non-hydrogen) atoms. The van der Waals surface area contributed by atoms with Crippen molar-refractivity contribution in [3.8, 4) is 0 Å². The van der Waals surface area contributed by atoms with Crippen LogP contribution in [0.5, 0.6) is 0 Å². The molecule has 0 saturated carbocycles. The predicted molar refractivity (Wildman–Crippen MR) is 71.7 cm³/mol. The largest absolute Gasteiger partial charge is 0.365 e. The van der Waals surface area contributed by atoms with Gasteiger partial charge in [-0.05, 0) is 18.6 Å². The van der Waals surface area contributed by atoms with Gasteiger partial charge >= 0.3 is 0 Å². The number of amides is 2. The molecule has 3 N–H and O–H groups in total. The number of nitrogens with one attached hydrogen (secondary N) is 1. The molecule has 0 radical (unpaired) electrons. The Morgan fingerprint density at radius 1 is 1.50 bits per heavy atom. The number of carbonyl (C=O) groups excluding carboxylic acids is 2. The third kappa shape index (κ3) is 2.33. The van der Waals surface area contributed by atoms with Gasteiger partial charge in [-0.1, -0.05) is 6.92 Å². The van der Waals surface area contributed by atoms with Gasteiger partial charge in [0.2, 0.25) is 5.91 Å². The SMILES string of the molecule is CCCC(=O)Nc1sc2cccnc2c1C(N)=O. The summed E-state index contributed by atoms with van der Waals surface area (Å²) >= 11 is 1.31. The number of primary amides is 1. The quantitative estimate of drug-likeness (QED) is 0.886. The first-order valence-corrected chi connectivity index (χ1v) is 6.42. The fourth-order valence-electron chi connectivity index (χ4n) is 1.66. The summed E-state index contributed by atoms with van der Waals surface area (Å²) < 4.78 is 0.832. The van der Waals surface area contributed by atoms with Crippen LogP contribution in [0, 0.1) is 0 Å². The Balaban J connectivity index is 2.46. The molecule has 0 aliphatic heterocycles. The predicted octanol–water partition coefficient (Wildman–Crippen LogP) is 2.13. The van der Waals surface area contributed by atoms with Crippen LogP contribution in [-0.2, 0) is 4.79 Å². The van der Waals surface area contributed by atoms with Crippen molar-refractivity contribution >= 4 is 38.4 Å². The summed E-state index contributed by atoms with van der Waals surface area (Å²) in [5.74, 6) is -0.696. The van der Waals surface area contributed by atoms with Crippen molar-refractivity contribution in [2.45, 2.75) is 19.8 Å². The van der Waals surface area contributed by atoms with Crippen LogP contribution in [0.4, 0.5) is 5.00 Å². The van der Waals surface area contributed by atoms with E-state index in [9.17, 15) is 9.59 Å². The zero-order valence-electron chi connectivity index (χ0n) is 9.90. The molecule has 94 valence electrons. The topological polar surface area (TPSA) is 85.1 Å². The van der Waals surface area contributed by atoms with Gasteiger partial charge in [0, 0.05) is 12.6 Å². The van der Waals surface area contributed by atoms with E-state index < -0.39 is 5.91 Å². The summed E-state index contributed by atoms with van der Waals surface area (Å²) in [6, 6.07) is 3.62. The van der Waals surface area contributed by atoms with Gasteiger partial charge in [0.25, 0.3) is 5.91 Å². The highest BCUT2D eigenvalue weighted by atomic mass is 32.1. The molecule has 2 amide bonds. The lowest BCUT2D eigenvalue weighted by Gasteiger charge is -2.02. The second-order valence-electron chi connectivity index (χ2n) is 3.82. The van der Waals surface area contributed by atoms with Crippen LogP contribution in [0.1, 0.15) is 30.1 Å². The standard InChI is InChI=1S/C12H13N3O2S/c1-2-4-8(16)15-12-9(11(13)17)10-7(18-12)5-3-6-14-10/h3,5-6H,2,4H2,1H3,(H2,13,17)(H,15,16). The lowest BCUT2D eigenvalue weighted by molar-refractivity contribution is -0.116. The molecule has 0 aromatic carbocycles. The van der Waals surface area contributed by atoms with Crippen LogP contribution < -0.4 is 11.1 Å². The Morgan fingerprint density at radius 2 is 2.28 bits per heavy atom. The van der Waals surface area contributed by atoms with Gasteiger partial charge < -0.3 is 11.1 Å². The molecule has 2 rings (SSSR count). The van der Waals surface area contributed by atoms with E-state index in [-0.39, 0.29) is 5.91 Å². The highest BCUT2D eigenvalue weighted by Gasteiger charge is 2.18. The van der Waals surface area contributed by atoms with E-state index in [2.05, 4.69) is 10.3 Å². The van der Waals surface area contributed by atoms with Gasteiger partial charge in [-0.25, -0.2) is 0 Å². The number of aromatic nitrogens is 1. The number of thiophene rings is 1. The molecule has 0 bridgehead atoms. The number of pyridine rings is 1. The molecule has 0 spiro atoms. The van der Waals surface area contributed by atoms with Crippen molar-refractivity contribution in [3.63, 3.8) is 0 Å². The van der Waals surface area contributed by atoms with E-state index in [4.69, 9.17) is 5.73 Å². The van der Waals surface area contributed by atoms with Crippen LogP contribution >= 0.6 is 11.3 Å². The van der Waals surface area contributed by atoms with Crippen LogP contribution in [0.2, 0.25) is 0 Å². The van der Waals surface area contributed by atoms with Gasteiger partial charge in [-0.3, -0.25) is 14.6 Å². The monoisotopic (exact) mass is 263 g/mol. The average molecular weight is 263 g/mol. The highest BCUT2D eigenvalue weighted by molar-refractivity contribution is 7.23. The molecule has 0 saturated heterocycles. The summed E-state index contributed by atoms with van der Waals surface area (Å²) in [5, 5.41) is 3.20. The molecular weight excluding hydrogens is 250 g/mol. The Morgan fingerprint density at radius 3 is 2.94 bits per heavy atom. The molecule has 0 aliphatic carbocycles. The number of hydrogen-bond acceptors (Lipinski definition) is 4. The zero-order valence-corrected chi connectivity index (χ0v) is 10.7. The molecule has 5 nitrogen and oxygen atoms in total. The molecule has 2 heterocycles. The summed E-state index contributed by atoms with van der Waals surface area (Å²) in [5.41, 5.74) is 6.19. The average Bonchev–Trinajstić information content (AvgIpc) is 2.66. The molecule has 0 atom stereocenters. The van der Waals surface area contributed by atoms with Gasteiger partial charge in [0.05, 0.1) is 10.2 Å². The van der Waals surface area contributed by atoms with E-state index in [1.165, 1.54) is 11.3 Å². The van der Waals surface area contributed by atoms with E-state index >= 15 is 0 Å². The van der Waals surface area contributed by atoms with Gasteiger partial charge in [-0.15, -0.1) is 11.3 Å². The van der Waals surface area contributed by atoms with Crippen LogP contribution in [0.15, 0.2) is 18.3 Å².